The van der Waals surface area contributed by atoms with Crippen molar-refractivity contribution in [1.82, 2.24) is 10.1 Å². The molecule has 0 spiro atoms. The number of rotatable bonds is 3. The van der Waals surface area contributed by atoms with Crippen molar-refractivity contribution in [3.05, 3.63) is 11.7 Å². The molecule has 84 valence electrons. The van der Waals surface area contributed by atoms with Crippen LogP contribution < -0.4 is 5.73 Å². The lowest BCUT2D eigenvalue weighted by atomic mass is 10.0. The van der Waals surface area contributed by atoms with Crippen LogP contribution in [0.4, 0.5) is 0 Å². The lowest BCUT2D eigenvalue weighted by Gasteiger charge is -2.08. The molecule has 15 heavy (non-hydrogen) atoms. The molecule has 1 fully saturated rings. The molecule has 1 aromatic rings. The van der Waals surface area contributed by atoms with E-state index in [-0.39, 0.29) is 12.7 Å². The standard InChI is InChI=1S/C9H15N3O3/c1-5-2-3-14-7(5)9-11-8(12-15-9)6(10)4-13/h5-7,13H,2-4,10H2,1H3. The van der Waals surface area contributed by atoms with Gasteiger partial charge in [0.2, 0.25) is 0 Å². The third kappa shape index (κ3) is 2.01. The molecule has 3 N–H and O–H groups in total. The summed E-state index contributed by atoms with van der Waals surface area (Å²) >= 11 is 0. The molecule has 1 saturated heterocycles. The van der Waals surface area contributed by atoms with Gasteiger partial charge in [0.15, 0.2) is 5.82 Å². The Balaban J connectivity index is 2.12. The maximum absolute atomic E-state index is 8.84. The number of hydrogen-bond acceptors (Lipinski definition) is 6. The zero-order valence-corrected chi connectivity index (χ0v) is 8.59. The summed E-state index contributed by atoms with van der Waals surface area (Å²) in [6.07, 6.45) is 0.867. The molecule has 2 heterocycles. The Morgan fingerprint density at radius 1 is 1.67 bits per heavy atom. The fraction of sp³-hybridized carbons (Fsp3) is 0.778. The van der Waals surface area contributed by atoms with Crippen LogP contribution in [0.3, 0.4) is 0 Å². The van der Waals surface area contributed by atoms with Gasteiger partial charge in [-0.25, -0.2) is 0 Å². The van der Waals surface area contributed by atoms with Gasteiger partial charge in [-0.2, -0.15) is 4.98 Å². The van der Waals surface area contributed by atoms with Gasteiger partial charge < -0.3 is 20.1 Å². The third-order valence-corrected chi connectivity index (χ3v) is 2.62. The number of aliphatic hydroxyl groups excluding tert-OH is 1. The number of aliphatic hydroxyl groups is 1. The maximum Gasteiger partial charge on any atom is 0.256 e. The van der Waals surface area contributed by atoms with Crippen molar-refractivity contribution < 1.29 is 14.4 Å². The van der Waals surface area contributed by atoms with E-state index in [0.29, 0.717) is 17.6 Å². The minimum atomic E-state index is -0.584. The van der Waals surface area contributed by atoms with Crippen LogP contribution in [0.2, 0.25) is 0 Å². The van der Waals surface area contributed by atoms with Crippen LogP contribution in [0.15, 0.2) is 4.52 Å². The van der Waals surface area contributed by atoms with E-state index in [2.05, 4.69) is 17.1 Å². The fourth-order valence-electron chi connectivity index (χ4n) is 1.61. The van der Waals surface area contributed by atoms with Crippen LogP contribution in [0.1, 0.15) is 37.2 Å². The Hall–Kier alpha value is -0.980. The first-order valence-electron chi connectivity index (χ1n) is 5.04. The highest BCUT2D eigenvalue weighted by molar-refractivity contribution is 4.97. The Labute approximate surface area is 87.4 Å². The predicted molar refractivity (Wildman–Crippen MR) is 50.8 cm³/mol. The van der Waals surface area contributed by atoms with Gasteiger partial charge in [0.25, 0.3) is 5.89 Å². The van der Waals surface area contributed by atoms with E-state index in [1.54, 1.807) is 0 Å². The first kappa shape index (κ1) is 10.5. The highest BCUT2D eigenvalue weighted by Gasteiger charge is 2.31. The van der Waals surface area contributed by atoms with Gasteiger partial charge in [-0.05, 0) is 12.3 Å². The van der Waals surface area contributed by atoms with E-state index in [9.17, 15) is 0 Å². The second-order valence-corrected chi connectivity index (χ2v) is 3.84. The summed E-state index contributed by atoms with van der Waals surface area (Å²) in [6, 6.07) is -0.584. The summed E-state index contributed by atoms with van der Waals surface area (Å²) in [5.41, 5.74) is 5.57. The largest absolute Gasteiger partial charge is 0.394 e. The number of ether oxygens (including phenoxy) is 1. The van der Waals surface area contributed by atoms with E-state index in [1.165, 1.54) is 0 Å². The molecular weight excluding hydrogens is 198 g/mol. The summed E-state index contributed by atoms with van der Waals surface area (Å²) in [4.78, 5) is 4.13. The molecule has 6 nitrogen and oxygen atoms in total. The van der Waals surface area contributed by atoms with Gasteiger partial charge in [0.1, 0.15) is 6.10 Å². The molecule has 3 atom stereocenters. The van der Waals surface area contributed by atoms with Gasteiger partial charge in [0, 0.05) is 6.61 Å². The summed E-state index contributed by atoms with van der Waals surface area (Å²) in [6.45, 7) is 2.60. The average Bonchev–Trinajstić information content (AvgIpc) is 2.84. The minimum absolute atomic E-state index is 0.128. The summed E-state index contributed by atoms with van der Waals surface area (Å²) in [5.74, 6) is 1.16. The lowest BCUT2D eigenvalue weighted by molar-refractivity contribution is 0.0661. The minimum Gasteiger partial charge on any atom is -0.394 e. The second kappa shape index (κ2) is 4.26. The zero-order valence-electron chi connectivity index (χ0n) is 8.59. The van der Waals surface area contributed by atoms with E-state index < -0.39 is 6.04 Å². The summed E-state index contributed by atoms with van der Waals surface area (Å²) in [7, 11) is 0. The van der Waals surface area contributed by atoms with Crippen molar-refractivity contribution in [3.63, 3.8) is 0 Å². The highest BCUT2D eigenvalue weighted by Crippen LogP contribution is 2.33. The number of hydrogen-bond donors (Lipinski definition) is 2. The molecule has 6 heteroatoms. The quantitative estimate of drug-likeness (QED) is 0.742. The van der Waals surface area contributed by atoms with Crippen LogP contribution in [0.5, 0.6) is 0 Å². The van der Waals surface area contributed by atoms with Crippen molar-refractivity contribution in [1.29, 1.82) is 0 Å². The first-order chi connectivity index (χ1) is 7.22. The molecule has 0 aromatic carbocycles. The normalized spacial score (nSPS) is 28.2. The molecule has 0 radical (unpaired) electrons. The molecule has 0 bridgehead atoms. The van der Waals surface area contributed by atoms with E-state index in [1.807, 2.05) is 0 Å². The monoisotopic (exact) mass is 213 g/mol. The van der Waals surface area contributed by atoms with Crippen molar-refractivity contribution in [2.75, 3.05) is 13.2 Å². The lowest BCUT2D eigenvalue weighted by Crippen LogP contribution is -2.16. The van der Waals surface area contributed by atoms with Crippen LogP contribution in [0.25, 0.3) is 0 Å². The Morgan fingerprint density at radius 3 is 3.07 bits per heavy atom. The SMILES string of the molecule is CC1CCOC1c1nc(C(N)CO)no1. The average molecular weight is 213 g/mol. The predicted octanol–water partition coefficient (Wildman–Crippen LogP) is 0.159. The number of aromatic nitrogens is 2. The molecule has 1 aliphatic heterocycles. The second-order valence-electron chi connectivity index (χ2n) is 3.84. The first-order valence-corrected chi connectivity index (χ1v) is 5.04. The van der Waals surface area contributed by atoms with Gasteiger partial charge >= 0.3 is 0 Å². The molecule has 0 saturated carbocycles. The fourth-order valence-corrected chi connectivity index (χ4v) is 1.61. The summed E-state index contributed by atoms with van der Waals surface area (Å²) < 4.78 is 10.5. The van der Waals surface area contributed by atoms with Gasteiger partial charge in [-0.1, -0.05) is 12.1 Å². The van der Waals surface area contributed by atoms with E-state index in [4.69, 9.17) is 20.1 Å². The topological polar surface area (TPSA) is 94.4 Å². The summed E-state index contributed by atoms with van der Waals surface area (Å²) in [5, 5.41) is 12.6. The van der Waals surface area contributed by atoms with Crippen molar-refractivity contribution >= 4 is 0 Å². The molecule has 1 aliphatic rings. The number of nitrogens with zero attached hydrogens (tertiary/aromatic N) is 2. The smallest absolute Gasteiger partial charge is 0.256 e. The van der Waals surface area contributed by atoms with Crippen LogP contribution in [-0.2, 0) is 4.74 Å². The van der Waals surface area contributed by atoms with Crippen molar-refractivity contribution in [2.24, 2.45) is 11.7 Å². The van der Waals surface area contributed by atoms with E-state index >= 15 is 0 Å². The Kier molecular flexibility index (Phi) is 2.99. The molecule has 3 unspecified atom stereocenters. The molecule has 2 rings (SSSR count). The maximum atomic E-state index is 8.84. The molecule has 0 aliphatic carbocycles. The van der Waals surface area contributed by atoms with Crippen LogP contribution in [0, 0.1) is 5.92 Å². The van der Waals surface area contributed by atoms with Crippen molar-refractivity contribution in [2.45, 2.75) is 25.5 Å². The van der Waals surface area contributed by atoms with Crippen molar-refractivity contribution in [3.8, 4) is 0 Å². The van der Waals surface area contributed by atoms with Gasteiger partial charge in [-0.3, -0.25) is 0 Å². The molecule has 1 aromatic heterocycles. The molecular formula is C9H15N3O3. The number of nitrogens with two attached hydrogens (primary N) is 1. The molecule has 0 amide bonds. The van der Waals surface area contributed by atoms with Crippen LogP contribution >= 0.6 is 0 Å². The Morgan fingerprint density at radius 2 is 2.47 bits per heavy atom. The Bertz CT molecular complexity index is 328. The third-order valence-electron chi connectivity index (χ3n) is 2.62. The zero-order chi connectivity index (χ0) is 10.8. The van der Waals surface area contributed by atoms with Gasteiger partial charge in [-0.15, -0.1) is 0 Å². The van der Waals surface area contributed by atoms with Crippen LogP contribution in [-0.4, -0.2) is 28.5 Å². The highest BCUT2D eigenvalue weighted by atomic mass is 16.5. The van der Waals surface area contributed by atoms with E-state index in [0.717, 1.165) is 13.0 Å². The van der Waals surface area contributed by atoms with Gasteiger partial charge in [0.05, 0.1) is 12.6 Å².